The molecule has 0 aliphatic rings. The summed E-state index contributed by atoms with van der Waals surface area (Å²) in [6.07, 6.45) is 0. The Morgan fingerprint density at radius 1 is 0.500 bits per heavy atom. The molecule has 3 nitrogen and oxygen atoms in total. The number of rotatable bonds is 3. The van der Waals surface area contributed by atoms with Crippen LogP contribution in [0.2, 0.25) is 0 Å². The van der Waals surface area contributed by atoms with Crippen molar-refractivity contribution in [1.29, 1.82) is 0 Å². The van der Waals surface area contributed by atoms with Crippen LogP contribution in [0.15, 0.2) is 0 Å². The molecule has 0 heterocycles. The summed E-state index contributed by atoms with van der Waals surface area (Å²) in [7, 11) is 0. The fourth-order valence-electron chi connectivity index (χ4n) is 0.399. The molecule has 0 amide bonds. The smallest absolute Gasteiger partial charge is 0.413 e. The zero-order valence-corrected chi connectivity index (χ0v) is 14.7. The van der Waals surface area contributed by atoms with Gasteiger partial charge in [-0.1, -0.05) is 104 Å². The van der Waals surface area contributed by atoms with E-state index in [0.29, 0.717) is 0 Å². The Balaban J connectivity index is 4.53. The maximum absolute atomic E-state index is 5.31. The standard InChI is InChI=1S/3CCl3O.Al/c3*2-1(3,4)5;/q3*-1;+3. The third-order valence-electron chi connectivity index (χ3n) is 0.690. The van der Waals surface area contributed by atoms with E-state index in [-0.39, 0.29) is 0 Å². The minimum atomic E-state index is -3.30. The lowest BCUT2D eigenvalue weighted by Gasteiger charge is -2.24. The number of hydrogen-bond donors (Lipinski definition) is 0. The van der Waals surface area contributed by atoms with E-state index in [1.54, 1.807) is 0 Å². The second-order valence-electron chi connectivity index (χ2n) is 1.98. The van der Waals surface area contributed by atoms with Crippen LogP contribution in [0.5, 0.6) is 0 Å². The summed E-state index contributed by atoms with van der Waals surface area (Å²) in [5, 5.41) is 0. The molecule has 0 bridgehead atoms. The van der Waals surface area contributed by atoms with E-state index in [4.69, 9.17) is 104 Å². The molecule has 96 valence electrons. The summed E-state index contributed by atoms with van der Waals surface area (Å²) in [5.74, 6) is 0. The van der Waals surface area contributed by atoms with Gasteiger partial charge in [0.15, 0.2) is 0 Å². The highest BCUT2D eigenvalue weighted by atomic mass is 35.6. The lowest BCUT2D eigenvalue weighted by molar-refractivity contribution is 0.0868. The SMILES string of the molecule is ClC(Cl)(Cl)[O][Al]([O]C(Cl)(Cl)Cl)[O]C(Cl)(Cl)Cl. The van der Waals surface area contributed by atoms with Crippen LogP contribution in [0.3, 0.4) is 0 Å². The molecular weight excluding hydrogens is 430 g/mol. The van der Waals surface area contributed by atoms with Crippen LogP contribution < -0.4 is 0 Å². The van der Waals surface area contributed by atoms with Crippen molar-refractivity contribution in [2.24, 2.45) is 0 Å². The third-order valence-corrected chi connectivity index (χ3v) is 4.47. The van der Waals surface area contributed by atoms with Crippen molar-refractivity contribution < 1.29 is 11.4 Å². The van der Waals surface area contributed by atoms with Crippen LogP contribution in [-0.2, 0) is 11.4 Å². The Labute approximate surface area is 141 Å². The maximum atomic E-state index is 5.31. The van der Waals surface area contributed by atoms with Crippen LogP contribution in [-0.4, -0.2) is 27.1 Å². The molecule has 0 rings (SSSR count). The van der Waals surface area contributed by atoms with E-state index in [9.17, 15) is 0 Å². The summed E-state index contributed by atoms with van der Waals surface area (Å²) in [4.78, 5) is 0. The first kappa shape index (κ1) is 19.0. The van der Waals surface area contributed by atoms with Gasteiger partial charge >= 0.3 is 15.1 Å². The molecule has 0 aromatic rings. The quantitative estimate of drug-likeness (QED) is 0.466. The first-order valence-electron chi connectivity index (χ1n) is 3.02. The van der Waals surface area contributed by atoms with Crippen LogP contribution in [0.1, 0.15) is 0 Å². The molecule has 0 N–H and O–H groups in total. The molecule has 0 aromatic heterocycles. The van der Waals surface area contributed by atoms with Gasteiger partial charge in [-0.3, -0.25) is 0 Å². The lowest BCUT2D eigenvalue weighted by Crippen LogP contribution is -2.39. The van der Waals surface area contributed by atoms with Crippen molar-refractivity contribution in [3.63, 3.8) is 0 Å². The second-order valence-corrected chi connectivity index (χ2v) is 9.80. The summed E-state index contributed by atoms with van der Waals surface area (Å²) < 4.78 is 7.53. The Hall–Kier alpha value is 3.02. The number of halogens is 9. The molecule has 0 unspecified atom stereocenters. The highest BCUT2D eigenvalue weighted by Gasteiger charge is 2.49. The Bertz CT molecular complexity index is 179. The average Bonchev–Trinajstić information content (AvgIpc) is 1.70. The van der Waals surface area contributed by atoms with Crippen LogP contribution in [0.4, 0.5) is 0 Å². The van der Waals surface area contributed by atoms with Gasteiger partial charge in [0.25, 0.3) is 11.9 Å². The van der Waals surface area contributed by atoms with Gasteiger partial charge in [0, 0.05) is 0 Å². The van der Waals surface area contributed by atoms with Gasteiger partial charge < -0.3 is 11.4 Å². The first-order valence-corrected chi connectivity index (χ1v) is 7.84. The van der Waals surface area contributed by atoms with Crippen molar-refractivity contribution in [1.82, 2.24) is 0 Å². The zero-order chi connectivity index (χ0) is 13.2. The molecule has 0 radical (unpaired) electrons. The second kappa shape index (κ2) is 7.15. The highest BCUT2D eigenvalue weighted by Crippen LogP contribution is 2.37. The van der Waals surface area contributed by atoms with E-state index >= 15 is 0 Å². The summed E-state index contributed by atoms with van der Waals surface area (Å²) in [6.45, 7) is 0. The Morgan fingerprint density at radius 2 is 0.688 bits per heavy atom. The monoisotopic (exact) mass is 426 g/mol. The van der Waals surface area contributed by atoms with Gasteiger partial charge in [0.05, 0.1) is 0 Å². The summed E-state index contributed by atoms with van der Waals surface area (Å²) >= 11 is 44.5. The minimum absolute atomic E-state index is 2.16. The predicted molar refractivity (Wildman–Crippen MR) is 69.9 cm³/mol. The molecular formula is C3AlCl9O3. The third kappa shape index (κ3) is 13.5. The van der Waals surface area contributed by atoms with Crippen molar-refractivity contribution in [3.05, 3.63) is 0 Å². The first-order chi connectivity index (χ1) is 6.79. The predicted octanol–water partition coefficient (Wildman–Crippen LogP) is 5.00. The minimum Gasteiger partial charge on any atom is -0.413 e. The van der Waals surface area contributed by atoms with Crippen LogP contribution in [0.25, 0.3) is 0 Å². The zero-order valence-electron chi connectivity index (χ0n) is 6.70. The van der Waals surface area contributed by atoms with Crippen molar-refractivity contribution in [3.8, 4) is 0 Å². The highest BCUT2D eigenvalue weighted by molar-refractivity contribution is 6.71. The van der Waals surface area contributed by atoms with Crippen molar-refractivity contribution in [2.75, 3.05) is 0 Å². The Morgan fingerprint density at radius 3 is 0.812 bits per heavy atom. The fraction of sp³-hybridized carbons (Fsp3) is 1.00. The molecule has 0 saturated heterocycles. The van der Waals surface area contributed by atoms with Gasteiger partial charge in [0.1, 0.15) is 0 Å². The molecule has 0 spiro atoms. The van der Waals surface area contributed by atoms with E-state index in [1.807, 2.05) is 0 Å². The van der Waals surface area contributed by atoms with Gasteiger partial charge in [-0.15, -0.1) is 0 Å². The van der Waals surface area contributed by atoms with Gasteiger partial charge in [-0.25, -0.2) is 0 Å². The number of alkyl halides is 9. The van der Waals surface area contributed by atoms with Crippen LogP contribution >= 0.6 is 104 Å². The topological polar surface area (TPSA) is 27.7 Å². The molecule has 0 fully saturated rings. The lowest BCUT2D eigenvalue weighted by atomic mass is 11.6. The number of hydrogen-bond acceptors (Lipinski definition) is 3. The van der Waals surface area contributed by atoms with E-state index in [1.165, 1.54) is 0 Å². The largest absolute Gasteiger partial charge is 0.914 e. The molecule has 0 aliphatic heterocycles. The molecule has 0 saturated carbocycles. The van der Waals surface area contributed by atoms with E-state index < -0.39 is 27.1 Å². The van der Waals surface area contributed by atoms with E-state index in [2.05, 4.69) is 11.4 Å². The van der Waals surface area contributed by atoms with E-state index in [0.717, 1.165) is 0 Å². The average molecular weight is 430 g/mol. The van der Waals surface area contributed by atoms with Crippen LogP contribution in [0, 0.1) is 0 Å². The normalized spacial score (nSPS) is 14.1. The van der Waals surface area contributed by atoms with Crippen molar-refractivity contribution in [2.45, 2.75) is 11.9 Å². The summed E-state index contributed by atoms with van der Waals surface area (Å²) in [5.41, 5.74) is 0. The van der Waals surface area contributed by atoms with Gasteiger partial charge in [-0.2, -0.15) is 0 Å². The molecule has 13 heteroatoms. The van der Waals surface area contributed by atoms with Gasteiger partial charge in [0.2, 0.25) is 0 Å². The molecule has 0 aromatic carbocycles. The maximum Gasteiger partial charge on any atom is 0.914 e. The fourth-order valence-corrected chi connectivity index (χ4v) is 3.16. The molecule has 16 heavy (non-hydrogen) atoms. The van der Waals surface area contributed by atoms with Crippen molar-refractivity contribution >= 4 is 120 Å². The molecule has 0 atom stereocenters. The summed E-state index contributed by atoms with van der Waals surface area (Å²) in [6, 6.07) is 0. The Kier molecular flexibility index (Phi) is 8.50. The van der Waals surface area contributed by atoms with Gasteiger partial charge in [-0.05, 0) is 0 Å². The molecule has 0 aliphatic carbocycles.